The van der Waals surface area contributed by atoms with Crippen LogP contribution in [-0.2, 0) is 9.53 Å². The number of hydrogen-bond donors (Lipinski definition) is 2. The summed E-state index contributed by atoms with van der Waals surface area (Å²) in [6.45, 7) is 4.96. The van der Waals surface area contributed by atoms with Gasteiger partial charge >= 0.3 is 5.63 Å². The standard InChI is InChI=1S/C17H20N2O5/c20-16(18-5-6-19-7-9-22-10-8-19)12-23-14-3-1-13-2-4-17(21)24-15(13)11-14/h1-4,11H,5-10,12H2,(H,18,20)/p+1. The molecule has 1 aliphatic rings. The number of hydrogen-bond acceptors (Lipinski definition) is 5. The zero-order valence-corrected chi connectivity index (χ0v) is 13.4. The molecule has 0 aliphatic carbocycles. The quantitative estimate of drug-likeness (QED) is 0.677. The van der Waals surface area contributed by atoms with Gasteiger partial charge in [0.1, 0.15) is 24.4 Å². The third-order valence-corrected chi connectivity index (χ3v) is 3.97. The van der Waals surface area contributed by atoms with Crippen molar-refractivity contribution >= 4 is 16.9 Å². The first kappa shape index (κ1) is 16.5. The molecule has 2 heterocycles. The van der Waals surface area contributed by atoms with Crippen LogP contribution in [0.1, 0.15) is 0 Å². The van der Waals surface area contributed by atoms with Crippen LogP contribution in [0.25, 0.3) is 11.0 Å². The number of morpholine rings is 1. The van der Waals surface area contributed by atoms with Crippen molar-refractivity contribution in [3.63, 3.8) is 0 Å². The summed E-state index contributed by atoms with van der Waals surface area (Å²) in [7, 11) is 0. The van der Waals surface area contributed by atoms with Gasteiger partial charge in [-0.1, -0.05) is 0 Å². The Bertz CT molecular complexity index is 752. The zero-order valence-electron chi connectivity index (χ0n) is 13.4. The first-order chi connectivity index (χ1) is 11.7. The molecule has 24 heavy (non-hydrogen) atoms. The summed E-state index contributed by atoms with van der Waals surface area (Å²) in [5.41, 5.74) is 0.0272. The number of carbonyl (C=O) groups is 1. The molecule has 0 atom stereocenters. The second kappa shape index (κ2) is 7.94. The number of amides is 1. The molecule has 0 radical (unpaired) electrons. The molecule has 0 saturated carbocycles. The van der Waals surface area contributed by atoms with E-state index in [4.69, 9.17) is 13.9 Å². The SMILES string of the molecule is O=C(COc1ccc2ccc(=O)oc2c1)NCC[NH+]1CCOCC1. The first-order valence-corrected chi connectivity index (χ1v) is 8.05. The fourth-order valence-corrected chi connectivity index (χ4v) is 2.62. The Balaban J connectivity index is 1.44. The molecule has 2 aromatic rings. The van der Waals surface area contributed by atoms with Gasteiger partial charge in [0, 0.05) is 17.5 Å². The normalized spacial score (nSPS) is 15.3. The Morgan fingerprint density at radius 2 is 2.00 bits per heavy atom. The molecule has 1 aromatic heterocycles. The van der Waals surface area contributed by atoms with Gasteiger partial charge < -0.3 is 24.1 Å². The Morgan fingerprint density at radius 3 is 2.83 bits per heavy atom. The molecule has 0 spiro atoms. The van der Waals surface area contributed by atoms with Crippen LogP contribution in [0.4, 0.5) is 0 Å². The molecule has 128 valence electrons. The van der Waals surface area contributed by atoms with E-state index in [0.717, 1.165) is 38.2 Å². The van der Waals surface area contributed by atoms with E-state index >= 15 is 0 Å². The average Bonchev–Trinajstić information content (AvgIpc) is 2.60. The van der Waals surface area contributed by atoms with Crippen LogP contribution in [-0.4, -0.2) is 51.9 Å². The number of ether oxygens (including phenoxy) is 2. The van der Waals surface area contributed by atoms with Crippen LogP contribution >= 0.6 is 0 Å². The fraction of sp³-hybridized carbons (Fsp3) is 0.412. The van der Waals surface area contributed by atoms with Gasteiger partial charge in [-0.15, -0.1) is 0 Å². The second-order valence-electron chi connectivity index (χ2n) is 5.71. The molecule has 1 saturated heterocycles. The molecule has 0 unspecified atom stereocenters. The molecular weight excluding hydrogens is 312 g/mol. The molecule has 7 heteroatoms. The lowest BCUT2D eigenvalue weighted by Gasteiger charge is -2.23. The third-order valence-electron chi connectivity index (χ3n) is 3.97. The van der Waals surface area contributed by atoms with Gasteiger partial charge in [0.2, 0.25) is 0 Å². The maximum atomic E-state index is 11.8. The van der Waals surface area contributed by atoms with Crippen LogP contribution in [0.15, 0.2) is 39.5 Å². The second-order valence-corrected chi connectivity index (χ2v) is 5.71. The Kier molecular flexibility index (Phi) is 5.45. The lowest BCUT2D eigenvalue weighted by Crippen LogP contribution is -3.14. The van der Waals surface area contributed by atoms with E-state index in [1.54, 1.807) is 24.3 Å². The monoisotopic (exact) mass is 333 g/mol. The highest BCUT2D eigenvalue weighted by Crippen LogP contribution is 2.19. The van der Waals surface area contributed by atoms with Gasteiger partial charge in [-0.2, -0.15) is 0 Å². The Morgan fingerprint density at radius 1 is 1.21 bits per heavy atom. The number of carbonyl (C=O) groups excluding carboxylic acids is 1. The van der Waals surface area contributed by atoms with Crippen molar-refractivity contribution in [2.24, 2.45) is 0 Å². The Hall–Kier alpha value is -2.38. The molecule has 0 bridgehead atoms. The van der Waals surface area contributed by atoms with Crippen LogP contribution in [0.3, 0.4) is 0 Å². The van der Waals surface area contributed by atoms with Gasteiger partial charge in [-0.05, 0) is 18.2 Å². The number of fused-ring (bicyclic) bond motifs is 1. The van der Waals surface area contributed by atoms with E-state index in [0.29, 0.717) is 17.9 Å². The minimum atomic E-state index is -0.414. The third kappa shape index (κ3) is 4.56. The minimum Gasteiger partial charge on any atom is -0.484 e. The highest BCUT2D eigenvalue weighted by molar-refractivity contribution is 5.79. The van der Waals surface area contributed by atoms with Crippen LogP contribution in [0.2, 0.25) is 0 Å². The fourth-order valence-electron chi connectivity index (χ4n) is 2.62. The van der Waals surface area contributed by atoms with Crippen molar-refractivity contribution in [2.75, 3.05) is 46.0 Å². The highest BCUT2D eigenvalue weighted by Gasteiger charge is 2.13. The van der Waals surface area contributed by atoms with Crippen LogP contribution in [0, 0.1) is 0 Å². The van der Waals surface area contributed by atoms with Crippen LogP contribution < -0.4 is 20.6 Å². The molecule has 7 nitrogen and oxygen atoms in total. The lowest BCUT2D eigenvalue weighted by atomic mass is 10.2. The van der Waals surface area contributed by atoms with Gasteiger partial charge in [0.15, 0.2) is 6.61 Å². The topological polar surface area (TPSA) is 82.2 Å². The van der Waals surface area contributed by atoms with E-state index in [9.17, 15) is 9.59 Å². The van der Waals surface area contributed by atoms with Crippen LogP contribution in [0.5, 0.6) is 5.75 Å². The molecule has 1 aliphatic heterocycles. The highest BCUT2D eigenvalue weighted by atomic mass is 16.5. The average molecular weight is 333 g/mol. The van der Waals surface area contributed by atoms with E-state index in [2.05, 4.69) is 5.32 Å². The summed E-state index contributed by atoms with van der Waals surface area (Å²) in [6, 6.07) is 8.20. The summed E-state index contributed by atoms with van der Waals surface area (Å²) in [6.07, 6.45) is 0. The zero-order chi connectivity index (χ0) is 16.8. The molecular formula is C17H21N2O5+. The maximum absolute atomic E-state index is 11.8. The number of benzene rings is 1. The largest absolute Gasteiger partial charge is 0.484 e. The molecule has 1 amide bonds. The molecule has 1 fully saturated rings. The van der Waals surface area contributed by atoms with Crippen molar-refractivity contribution in [1.82, 2.24) is 5.32 Å². The van der Waals surface area contributed by atoms with Crippen molar-refractivity contribution in [3.05, 3.63) is 40.8 Å². The van der Waals surface area contributed by atoms with Gasteiger partial charge in [0.25, 0.3) is 5.91 Å². The van der Waals surface area contributed by atoms with Gasteiger partial charge in [-0.25, -0.2) is 4.79 Å². The maximum Gasteiger partial charge on any atom is 0.336 e. The summed E-state index contributed by atoms with van der Waals surface area (Å²) < 4.78 is 15.8. The predicted octanol–water partition coefficient (Wildman–Crippen LogP) is -0.797. The lowest BCUT2D eigenvalue weighted by molar-refractivity contribution is -0.906. The number of rotatable bonds is 6. The van der Waals surface area contributed by atoms with E-state index in [1.807, 2.05) is 0 Å². The first-order valence-electron chi connectivity index (χ1n) is 8.05. The van der Waals surface area contributed by atoms with Crippen molar-refractivity contribution in [3.8, 4) is 5.75 Å². The predicted molar refractivity (Wildman–Crippen MR) is 87.4 cm³/mol. The number of nitrogens with one attached hydrogen (secondary N) is 2. The Labute approximate surface area is 139 Å². The summed E-state index contributed by atoms with van der Waals surface area (Å²) in [5, 5.41) is 3.65. The number of quaternary nitrogens is 1. The van der Waals surface area contributed by atoms with E-state index < -0.39 is 5.63 Å². The summed E-state index contributed by atoms with van der Waals surface area (Å²) in [4.78, 5) is 24.5. The molecule has 3 rings (SSSR count). The van der Waals surface area contributed by atoms with Crippen molar-refractivity contribution in [2.45, 2.75) is 0 Å². The van der Waals surface area contributed by atoms with Crippen molar-refractivity contribution in [1.29, 1.82) is 0 Å². The van der Waals surface area contributed by atoms with Gasteiger partial charge in [0.05, 0.1) is 26.3 Å². The van der Waals surface area contributed by atoms with E-state index in [1.165, 1.54) is 11.0 Å². The summed E-state index contributed by atoms with van der Waals surface area (Å²) in [5.74, 6) is 0.322. The smallest absolute Gasteiger partial charge is 0.336 e. The molecule has 2 N–H and O–H groups in total. The van der Waals surface area contributed by atoms with Gasteiger partial charge in [-0.3, -0.25) is 4.79 Å². The van der Waals surface area contributed by atoms with E-state index in [-0.39, 0.29) is 12.5 Å². The minimum absolute atomic E-state index is 0.0684. The molecule has 1 aromatic carbocycles. The van der Waals surface area contributed by atoms with Crippen molar-refractivity contribution < 1.29 is 23.6 Å². The summed E-state index contributed by atoms with van der Waals surface area (Å²) >= 11 is 0.